The molecule has 0 saturated carbocycles. The van der Waals surface area contributed by atoms with Gasteiger partial charge in [-0.3, -0.25) is 5.32 Å². The van der Waals surface area contributed by atoms with Gasteiger partial charge in [0.05, 0.1) is 23.0 Å². The number of unbranched alkanes of at least 4 members (excludes halogenated alkanes) is 1. The molecule has 0 aliphatic carbocycles. The molecule has 28 heavy (non-hydrogen) atoms. The number of carbonyl (C=O) groups is 1. The third kappa shape index (κ3) is 4.74. The van der Waals surface area contributed by atoms with Crippen molar-refractivity contribution in [2.75, 3.05) is 10.6 Å². The summed E-state index contributed by atoms with van der Waals surface area (Å²) in [6.45, 7) is 2.10. The number of carbonyl (C=O) groups excluding carboxylic acids is 1. The summed E-state index contributed by atoms with van der Waals surface area (Å²) in [6, 6.07) is 16.0. The van der Waals surface area contributed by atoms with Gasteiger partial charge in [-0.15, -0.1) is 0 Å². The zero-order valence-corrected chi connectivity index (χ0v) is 15.4. The molecule has 0 unspecified atom stereocenters. The molecule has 6 nitrogen and oxygen atoms in total. The van der Waals surface area contributed by atoms with E-state index in [2.05, 4.69) is 28.7 Å². The average Bonchev–Trinajstić information content (AvgIpc) is 3.08. The Kier molecular flexibility index (Phi) is 6.02. The summed E-state index contributed by atoms with van der Waals surface area (Å²) in [5, 5.41) is 19.1. The molecule has 0 saturated heterocycles. The van der Waals surface area contributed by atoms with E-state index in [4.69, 9.17) is 5.26 Å². The van der Waals surface area contributed by atoms with Crippen LogP contribution in [0.4, 0.5) is 20.7 Å². The van der Waals surface area contributed by atoms with Gasteiger partial charge in [-0.25, -0.2) is 13.9 Å². The van der Waals surface area contributed by atoms with Crippen molar-refractivity contribution in [1.82, 2.24) is 9.78 Å². The third-order valence-corrected chi connectivity index (χ3v) is 4.09. The Labute approximate surface area is 162 Å². The van der Waals surface area contributed by atoms with E-state index in [1.807, 2.05) is 6.07 Å². The third-order valence-electron chi connectivity index (χ3n) is 4.09. The molecule has 142 valence electrons. The Hall–Kier alpha value is -3.66. The second-order valence-electron chi connectivity index (χ2n) is 6.29. The number of anilines is 2. The molecule has 0 fully saturated rings. The number of benzene rings is 2. The largest absolute Gasteiger partial charge is 0.324 e. The number of hydrogen-bond acceptors (Lipinski definition) is 3. The van der Waals surface area contributed by atoms with E-state index in [-0.39, 0.29) is 0 Å². The van der Waals surface area contributed by atoms with Crippen LogP contribution < -0.4 is 10.6 Å². The van der Waals surface area contributed by atoms with E-state index in [0.717, 1.165) is 25.0 Å². The molecule has 0 bridgehead atoms. The fourth-order valence-electron chi connectivity index (χ4n) is 2.75. The molecule has 3 rings (SSSR count). The molecule has 2 aromatic carbocycles. The van der Waals surface area contributed by atoms with Crippen molar-refractivity contribution in [2.45, 2.75) is 26.2 Å². The molecule has 0 spiro atoms. The standard InChI is InChI=1S/C21H20FN5O/c1-2-3-8-18-13-20(25-21(28)24-17-9-5-7-16(22)12-17)27(26-18)19-10-4-6-15(11-19)14-23/h4-7,9-13H,2-3,8H2,1H3,(H2,24,25,28). The smallest absolute Gasteiger partial charge is 0.308 e. The van der Waals surface area contributed by atoms with Crippen LogP contribution in [0.5, 0.6) is 0 Å². The van der Waals surface area contributed by atoms with Gasteiger partial charge < -0.3 is 5.32 Å². The number of halogens is 1. The number of aromatic nitrogens is 2. The lowest BCUT2D eigenvalue weighted by Crippen LogP contribution is -2.21. The van der Waals surface area contributed by atoms with Gasteiger partial charge in [0.1, 0.15) is 11.6 Å². The Balaban J connectivity index is 1.86. The summed E-state index contributed by atoms with van der Waals surface area (Å²) in [7, 11) is 0. The predicted octanol–water partition coefficient (Wildman–Crippen LogP) is 4.87. The van der Waals surface area contributed by atoms with Crippen LogP contribution in [0.2, 0.25) is 0 Å². The van der Waals surface area contributed by atoms with Crippen molar-refractivity contribution >= 4 is 17.5 Å². The zero-order valence-electron chi connectivity index (χ0n) is 15.4. The summed E-state index contributed by atoms with van der Waals surface area (Å²) in [5.74, 6) is 0.0353. The van der Waals surface area contributed by atoms with Gasteiger partial charge in [0.25, 0.3) is 0 Å². The van der Waals surface area contributed by atoms with Crippen LogP contribution >= 0.6 is 0 Å². The van der Waals surface area contributed by atoms with Crippen LogP contribution in [-0.4, -0.2) is 15.8 Å². The topological polar surface area (TPSA) is 82.7 Å². The van der Waals surface area contributed by atoms with Crippen molar-refractivity contribution in [3.8, 4) is 11.8 Å². The molecule has 7 heteroatoms. The number of rotatable bonds is 6. The first-order valence-electron chi connectivity index (χ1n) is 9.02. The minimum atomic E-state index is -0.509. The highest BCUT2D eigenvalue weighted by molar-refractivity contribution is 5.99. The number of urea groups is 1. The first kappa shape index (κ1) is 19.1. The number of amides is 2. The highest BCUT2D eigenvalue weighted by atomic mass is 19.1. The molecule has 3 aromatic rings. The SMILES string of the molecule is CCCCc1cc(NC(=O)Nc2cccc(F)c2)n(-c2cccc(C#N)c2)n1. The Morgan fingerprint density at radius 1 is 1.18 bits per heavy atom. The van der Waals surface area contributed by atoms with Crippen molar-refractivity contribution < 1.29 is 9.18 Å². The van der Waals surface area contributed by atoms with E-state index in [1.165, 1.54) is 18.2 Å². The van der Waals surface area contributed by atoms with Crippen molar-refractivity contribution in [3.63, 3.8) is 0 Å². The summed E-state index contributed by atoms with van der Waals surface area (Å²) >= 11 is 0. The quantitative estimate of drug-likeness (QED) is 0.643. The molecule has 0 aliphatic heterocycles. The molecule has 2 amide bonds. The summed E-state index contributed by atoms with van der Waals surface area (Å²) in [4.78, 5) is 12.4. The maximum Gasteiger partial charge on any atom is 0.324 e. The van der Waals surface area contributed by atoms with Crippen molar-refractivity contribution in [3.05, 3.63) is 71.7 Å². The van der Waals surface area contributed by atoms with Crippen LogP contribution in [0, 0.1) is 17.1 Å². The average molecular weight is 377 g/mol. The molecule has 2 N–H and O–H groups in total. The highest BCUT2D eigenvalue weighted by Gasteiger charge is 2.13. The van der Waals surface area contributed by atoms with Crippen LogP contribution in [0.1, 0.15) is 31.0 Å². The molecule has 0 aliphatic rings. The predicted molar refractivity (Wildman–Crippen MR) is 106 cm³/mol. The lowest BCUT2D eigenvalue weighted by atomic mass is 10.2. The summed E-state index contributed by atoms with van der Waals surface area (Å²) in [6.07, 6.45) is 2.78. The van der Waals surface area contributed by atoms with E-state index < -0.39 is 11.8 Å². The van der Waals surface area contributed by atoms with Crippen molar-refractivity contribution in [1.29, 1.82) is 5.26 Å². The lowest BCUT2D eigenvalue weighted by Gasteiger charge is -2.10. The molecular formula is C21H20FN5O. The fourth-order valence-corrected chi connectivity index (χ4v) is 2.75. The van der Waals surface area contributed by atoms with E-state index in [1.54, 1.807) is 35.0 Å². The zero-order chi connectivity index (χ0) is 19.9. The van der Waals surface area contributed by atoms with Gasteiger partial charge in [-0.1, -0.05) is 25.5 Å². The second-order valence-corrected chi connectivity index (χ2v) is 6.29. The number of nitrogens with zero attached hydrogens (tertiary/aromatic N) is 3. The number of nitriles is 1. The Morgan fingerprint density at radius 2 is 2.00 bits per heavy atom. The van der Waals surface area contributed by atoms with Gasteiger partial charge in [0.2, 0.25) is 0 Å². The maximum absolute atomic E-state index is 13.3. The van der Waals surface area contributed by atoms with Gasteiger partial charge in [0, 0.05) is 11.8 Å². The van der Waals surface area contributed by atoms with Gasteiger partial charge in [-0.2, -0.15) is 10.4 Å². The van der Waals surface area contributed by atoms with Crippen LogP contribution in [0.25, 0.3) is 5.69 Å². The number of nitrogens with one attached hydrogen (secondary N) is 2. The first-order valence-corrected chi connectivity index (χ1v) is 9.02. The normalized spacial score (nSPS) is 10.3. The molecular weight excluding hydrogens is 357 g/mol. The molecule has 1 heterocycles. The van der Waals surface area contributed by atoms with Gasteiger partial charge >= 0.3 is 6.03 Å². The summed E-state index contributed by atoms with van der Waals surface area (Å²) in [5.41, 5.74) is 2.35. The minimum absolute atomic E-state index is 0.348. The van der Waals surface area contributed by atoms with Gasteiger partial charge in [-0.05, 0) is 49.2 Å². The molecule has 0 atom stereocenters. The van der Waals surface area contributed by atoms with E-state index in [9.17, 15) is 9.18 Å². The highest BCUT2D eigenvalue weighted by Crippen LogP contribution is 2.20. The van der Waals surface area contributed by atoms with Crippen LogP contribution in [0.15, 0.2) is 54.6 Å². The number of hydrogen-bond donors (Lipinski definition) is 2. The van der Waals surface area contributed by atoms with Crippen LogP contribution in [-0.2, 0) is 6.42 Å². The van der Waals surface area contributed by atoms with Crippen LogP contribution in [0.3, 0.4) is 0 Å². The van der Waals surface area contributed by atoms with E-state index in [0.29, 0.717) is 22.8 Å². The lowest BCUT2D eigenvalue weighted by molar-refractivity contribution is 0.262. The Bertz CT molecular complexity index is 1020. The maximum atomic E-state index is 13.3. The van der Waals surface area contributed by atoms with Gasteiger partial charge in [0.15, 0.2) is 0 Å². The molecule has 1 aromatic heterocycles. The monoisotopic (exact) mass is 377 g/mol. The van der Waals surface area contributed by atoms with Crippen molar-refractivity contribution in [2.24, 2.45) is 0 Å². The first-order chi connectivity index (χ1) is 13.6. The fraction of sp³-hybridized carbons (Fsp3) is 0.190. The minimum Gasteiger partial charge on any atom is -0.308 e. The summed E-state index contributed by atoms with van der Waals surface area (Å²) < 4.78 is 14.9. The Morgan fingerprint density at radius 3 is 2.75 bits per heavy atom. The second kappa shape index (κ2) is 8.82. The molecule has 0 radical (unpaired) electrons. The van der Waals surface area contributed by atoms with E-state index >= 15 is 0 Å². The number of aryl methyl sites for hydroxylation is 1.